The van der Waals surface area contributed by atoms with E-state index in [1.54, 1.807) is 12.3 Å². The van der Waals surface area contributed by atoms with Crippen LogP contribution in [0.25, 0.3) is 0 Å². The molecule has 0 atom stereocenters. The molecule has 3 aromatic rings. The number of hydrogen-bond donors (Lipinski definition) is 3. The van der Waals surface area contributed by atoms with Crippen molar-refractivity contribution in [3.05, 3.63) is 76.9 Å². The third-order valence-electron chi connectivity index (χ3n) is 4.15. The highest BCUT2D eigenvalue weighted by molar-refractivity contribution is 7.92. The van der Waals surface area contributed by atoms with Gasteiger partial charge < -0.3 is 10.1 Å². The van der Waals surface area contributed by atoms with E-state index in [-0.39, 0.29) is 33.3 Å². The largest absolute Gasteiger partial charge is 0.450 e. The molecule has 33 heavy (non-hydrogen) atoms. The van der Waals surface area contributed by atoms with Gasteiger partial charge in [-0.2, -0.15) is 0 Å². The van der Waals surface area contributed by atoms with Gasteiger partial charge in [0.25, 0.3) is 21.8 Å². The summed E-state index contributed by atoms with van der Waals surface area (Å²) in [4.78, 5) is 36.1. The molecule has 1 heterocycles. The Hall–Kier alpha value is -3.77. The van der Waals surface area contributed by atoms with E-state index in [0.29, 0.717) is 0 Å². The summed E-state index contributed by atoms with van der Waals surface area (Å²) in [6, 6.07) is 11.3. The Morgan fingerprint density at radius 1 is 0.970 bits per heavy atom. The highest BCUT2D eigenvalue weighted by atomic mass is 32.2. The molecule has 0 radical (unpaired) electrons. The minimum Gasteiger partial charge on any atom is -0.450 e. The summed E-state index contributed by atoms with van der Waals surface area (Å²) in [6.45, 7) is 1.69. The van der Waals surface area contributed by atoms with Crippen molar-refractivity contribution in [2.75, 3.05) is 16.6 Å². The number of imide groups is 1. The lowest BCUT2D eigenvalue weighted by atomic mass is 10.2. The van der Waals surface area contributed by atoms with Crippen LogP contribution in [0, 0.1) is 5.82 Å². The van der Waals surface area contributed by atoms with Gasteiger partial charge in [0.2, 0.25) is 0 Å². The zero-order valence-electron chi connectivity index (χ0n) is 17.1. The van der Waals surface area contributed by atoms with Crippen molar-refractivity contribution in [1.29, 1.82) is 0 Å². The van der Waals surface area contributed by atoms with Gasteiger partial charge >= 0.3 is 6.09 Å². The number of ether oxygens (including phenoxy) is 1. The van der Waals surface area contributed by atoms with E-state index in [4.69, 9.17) is 0 Å². The van der Waals surface area contributed by atoms with E-state index >= 15 is 0 Å². The maximum Gasteiger partial charge on any atom is 0.414 e. The van der Waals surface area contributed by atoms with Gasteiger partial charge in [0, 0.05) is 11.3 Å². The van der Waals surface area contributed by atoms with Crippen molar-refractivity contribution in [1.82, 2.24) is 5.32 Å². The quantitative estimate of drug-likeness (QED) is 0.461. The lowest BCUT2D eigenvalue weighted by Gasteiger charge is -2.09. The number of amides is 3. The van der Waals surface area contributed by atoms with Crippen molar-refractivity contribution < 1.29 is 31.9 Å². The fourth-order valence-electron chi connectivity index (χ4n) is 2.60. The van der Waals surface area contributed by atoms with Gasteiger partial charge in [0.15, 0.2) is 0 Å². The Labute approximate surface area is 192 Å². The number of benzene rings is 2. The lowest BCUT2D eigenvalue weighted by molar-refractivity contribution is 0.0926. The van der Waals surface area contributed by atoms with E-state index in [0.717, 1.165) is 23.5 Å². The second-order valence-corrected chi connectivity index (χ2v) is 9.03. The second-order valence-electron chi connectivity index (χ2n) is 6.43. The molecule has 9 nitrogen and oxygen atoms in total. The molecule has 3 amide bonds. The van der Waals surface area contributed by atoms with Crippen LogP contribution in [0.2, 0.25) is 0 Å². The van der Waals surface area contributed by atoms with Gasteiger partial charge in [-0.15, -0.1) is 11.3 Å². The van der Waals surface area contributed by atoms with Crippen molar-refractivity contribution in [2.24, 2.45) is 0 Å². The number of rotatable bonds is 7. The van der Waals surface area contributed by atoms with Crippen molar-refractivity contribution in [2.45, 2.75) is 11.8 Å². The van der Waals surface area contributed by atoms with Crippen LogP contribution in [-0.2, 0) is 14.8 Å². The molecule has 1 aromatic heterocycles. The molecule has 0 aliphatic rings. The average Bonchev–Trinajstić information content (AvgIpc) is 3.23. The first-order valence-corrected chi connectivity index (χ1v) is 11.8. The van der Waals surface area contributed by atoms with E-state index in [1.807, 2.05) is 5.32 Å². The zero-order valence-corrected chi connectivity index (χ0v) is 18.8. The standard InChI is InChI=1S/C21H18FN3O6S2/c1-2-31-21(28)24-19(27)17-11-12-32-20(17)23-18(26)13-3-9-16(10-4-13)33(29,30)25-15-7-5-14(22)6-8-15/h3-12,25H,2H2,1H3,(H,23,26)(H,24,27,28). The highest BCUT2D eigenvalue weighted by Crippen LogP contribution is 2.24. The Bertz CT molecular complexity index is 1270. The summed E-state index contributed by atoms with van der Waals surface area (Å²) in [5.41, 5.74) is 0.398. The highest BCUT2D eigenvalue weighted by Gasteiger charge is 2.19. The summed E-state index contributed by atoms with van der Waals surface area (Å²) in [5, 5.41) is 6.37. The molecule has 0 aliphatic heterocycles. The number of carbonyl (C=O) groups is 3. The van der Waals surface area contributed by atoms with E-state index in [2.05, 4.69) is 14.8 Å². The summed E-state index contributed by atoms with van der Waals surface area (Å²) >= 11 is 1.07. The molecule has 172 valence electrons. The molecule has 0 saturated carbocycles. The maximum absolute atomic E-state index is 13.0. The summed E-state index contributed by atoms with van der Waals surface area (Å²) in [7, 11) is -3.95. The van der Waals surface area contributed by atoms with Gasteiger partial charge in [-0.25, -0.2) is 17.6 Å². The predicted molar refractivity (Wildman–Crippen MR) is 120 cm³/mol. The Morgan fingerprint density at radius 3 is 2.27 bits per heavy atom. The van der Waals surface area contributed by atoms with Gasteiger partial charge in [-0.05, 0) is 66.9 Å². The topological polar surface area (TPSA) is 131 Å². The molecule has 3 N–H and O–H groups in total. The van der Waals surface area contributed by atoms with E-state index < -0.39 is 33.7 Å². The third-order valence-corrected chi connectivity index (χ3v) is 6.38. The van der Waals surface area contributed by atoms with Crippen LogP contribution < -0.4 is 15.4 Å². The molecule has 12 heteroatoms. The lowest BCUT2D eigenvalue weighted by Crippen LogP contribution is -2.31. The third kappa shape index (κ3) is 6.14. The SMILES string of the molecule is CCOC(=O)NC(=O)c1ccsc1NC(=O)c1ccc(S(=O)(=O)Nc2ccc(F)cc2)cc1. The zero-order chi connectivity index (χ0) is 24.0. The van der Waals surface area contributed by atoms with Gasteiger partial charge in [0.05, 0.1) is 17.1 Å². The van der Waals surface area contributed by atoms with Crippen LogP contribution >= 0.6 is 11.3 Å². The number of anilines is 2. The smallest absolute Gasteiger partial charge is 0.414 e. The number of thiophene rings is 1. The second kappa shape index (κ2) is 10.2. The van der Waals surface area contributed by atoms with Crippen molar-refractivity contribution in [3.63, 3.8) is 0 Å². The molecule has 0 bridgehead atoms. The predicted octanol–water partition coefficient (Wildman–Crippen LogP) is 3.83. The number of nitrogens with one attached hydrogen (secondary N) is 3. The first-order chi connectivity index (χ1) is 15.7. The maximum atomic E-state index is 13.0. The minimum atomic E-state index is -3.95. The molecule has 0 fully saturated rings. The molecule has 0 saturated heterocycles. The molecule has 0 spiro atoms. The fraction of sp³-hybridized carbons (Fsp3) is 0.0952. The van der Waals surface area contributed by atoms with Crippen molar-refractivity contribution in [3.8, 4) is 0 Å². The Morgan fingerprint density at radius 2 is 1.64 bits per heavy atom. The summed E-state index contributed by atoms with van der Waals surface area (Å²) in [6.07, 6.45) is -0.906. The number of carbonyl (C=O) groups excluding carboxylic acids is 3. The molecule has 2 aromatic carbocycles. The van der Waals surface area contributed by atoms with E-state index in [1.165, 1.54) is 42.5 Å². The normalized spacial score (nSPS) is 10.8. The summed E-state index contributed by atoms with van der Waals surface area (Å²) < 4.78 is 45.0. The number of halogens is 1. The fourth-order valence-corrected chi connectivity index (χ4v) is 4.44. The van der Waals surface area contributed by atoms with Gasteiger partial charge in [-0.3, -0.25) is 19.6 Å². The molecule has 0 aliphatic carbocycles. The van der Waals surface area contributed by atoms with Crippen molar-refractivity contribution >= 4 is 50.0 Å². The monoisotopic (exact) mass is 491 g/mol. The number of alkyl carbamates (subject to hydrolysis) is 1. The summed E-state index contributed by atoms with van der Waals surface area (Å²) in [5.74, 6) is -1.82. The first-order valence-electron chi connectivity index (χ1n) is 9.45. The van der Waals surface area contributed by atoms with Crippen LogP contribution in [0.3, 0.4) is 0 Å². The molecule has 3 rings (SSSR count). The van der Waals surface area contributed by atoms with Crippen LogP contribution in [0.4, 0.5) is 19.9 Å². The van der Waals surface area contributed by atoms with Crippen LogP contribution in [0.5, 0.6) is 0 Å². The molecular weight excluding hydrogens is 473 g/mol. The number of sulfonamides is 1. The average molecular weight is 492 g/mol. The molecule has 0 unspecified atom stereocenters. The number of hydrogen-bond acceptors (Lipinski definition) is 7. The van der Waals surface area contributed by atoms with Crippen LogP contribution in [0.15, 0.2) is 64.9 Å². The molecular formula is C21H18FN3O6S2. The van der Waals surface area contributed by atoms with Crippen LogP contribution in [-0.4, -0.2) is 32.9 Å². The minimum absolute atomic E-state index is 0.0732. The first kappa shape index (κ1) is 23.9. The van der Waals surface area contributed by atoms with Gasteiger partial charge in [0.1, 0.15) is 10.8 Å². The van der Waals surface area contributed by atoms with E-state index in [9.17, 15) is 27.2 Å². The van der Waals surface area contributed by atoms with Crippen LogP contribution in [0.1, 0.15) is 27.6 Å². The van der Waals surface area contributed by atoms with Gasteiger partial charge in [-0.1, -0.05) is 0 Å². The Balaban J connectivity index is 1.69. The Kier molecular flexibility index (Phi) is 7.41.